The van der Waals surface area contributed by atoms with E-state index in [1.54, 1.807) is 19.1 Å². The van der Waals surface area contributed by atoms with Crippen LogP contribution in [0.4, 0.5) is 5.69 Å². The first-order valence-electron chi connectivity index (χ1n) is 6.46. The summed E-state index contributed by atoms with van der Waals surface area (Å²) in [4.78, 5) is 0.0679. The summed E-state index contributed by atoms with van der Waals surface area (Å²) in [7, 11) is -3.82. The van der Waals surface area contributed by atoms with Crippen LogP contribution in [-0.4, -0.2) is 25.8 Å². The predicted octanol–water partition coefficient (Wildman–Crippen LogP) is 1.70. The van der Waals surface area contributed by atoms with Gasteiger partial charge in [0.1, 0.15) is 4.90 Å². The zero-order valence-corrected chi connectivity index (χ0v) is 12.9. The largest absolute Gasteiger partial charge is 0.398 e. The van der Waals surface area contributed by atoms with Gasteiger partial charge >= 0.3 is 0 Å². The standard InChI is InChI=1S/C14H18N4O2S/c1-11-5-6-13(17)14(12(11)2)21(19,20)18(9-3-7-15)10-4-8-16/h5-6H,3-4,9-10,17H2,1-2H3. The molecule has 0 aliphatic heterocycles. The molecule has 0 radical (unpaired) electrons. The Morgan fingerprint density at radius 3 is 2.14 bits per heavy atom. The van der Waals surface area contributed by atoms with Crippen LogP contribution in [0.15, 0.2) is 17.0 Å². The second-order valence-corrected chi connectivity index (χ2v) is 6.52. The van der Waals surface area contributed by atoms with E-state index in [2.05, 4.69) is 0 Å². The molecule has 0 amide bonds. The SMILES string of the molecule is Cc1ccc(N)c(S(=O)(=O)N(CCC#N)CCC#N)c1C. The molecule has 6 nitrogen and oxygen atoms in total. The van der Waals surface area contributed by atoms with Gasteiger partial charge in [0.25, 0.3) is 0 Å². The maximum Gasteiger partial charge on any atom is 0.245 e. The Kier molecular flexibility index (Phi) is 5.71. The van der Waals surface area contributed by atoms with Gasteiger partial charge in [-0.3, -0.25) is 0 Å². The molecule has 0 heterocycles. The number of rotatable bonds is 6. The lowest BCUT2D eigenvalue weighted by Crippen LogP contribution is -2.34. The fraction of sp³-hybridized carbons (Fsp3) is 0.429. The molecule has 0 saturated carbocycles. The number of benzene rings is 1. The molecule has 0 aromatic heterocycles. The second kappa shape index (κ2) is 7.07. The monoisotopic (exact) mass is 306 g/mol. The van der Waals surface area contributed by atoms with E-state index in [1.807, 2.05) is 19.1 Å². The van der Waals surface area contributed by atoms with Gasteiger partial charge in [0, 0.05) is 25.9 Å². The van der Waals surface area contributed by atoms with Crippen LogP contribution >= 0.6 is 0 Å². The van der Waals surface area contributed by atoms with Crippen molar-refractivity contribution in [2.75, 3.05) is 18.8 Å². The summed E-state index contributed by atoms with van der Waals surface area (Å²) in [5.41, 5.74) is 7.43. The molecule has 1 rings (SSSR count). The molecule has 7 heteroatoms. The number of hydrogen-bond donors (Lipinski definition) is 1. The van der Waals surface area contributed by atoms with Crippen molar-refractivity contribution in [3.8, 4) is 12.1 Å². The van der Waals surface area contributed by atoms with Crippen molar-refractivity contribution >= 4 is 15.7 Å². The molecule has 0 spiro atoms. The van der Waals surface area contributed by atoms with Gasteiger partial charge in [-0.05, 0) is 31.0 Å². The number of nitrogens with zero attached hydrogens (tertiary/aromatic N) is 3. The first kappa shape index (κ1) is 17.0. The number of hydrogen-bond acceptors (Lipinski definition) is 5. The first-order chi connectivity index (χ1) is 9.86. The third-order valence-electron chi connectivity index (χ3n) is 3.25. The zero-order chi connectivity index (χ0) is 16.0. The summed E-state index contributed by atoms with van der Waals surface area (Å²) in [6.45, 7) is 3.61. The van der Waals surface area contributed by atoms with Gasteiger partial charge in [0.2, 0.25) is 10.0 Å². The maximum atomic E-state index is 12.8. The highest BCUT2D eigenvalue weighted by Crippen LogP contribution is 2.28. The van der Waals surface area contributed by atoms with E-state index in [1.165, 1.54) is 0 Å². The molecule has 0 aliphatic carbocycles. The molecule has 112 valence electrons. The van der Waals surface area contributed by atoms with Crippen LogP contribution in [-0.2, 0) is 10.0 Å². The summed E-state index contributed by atoms with van der Waals surface area (Å²) in [6, 6.07) is 7.16. The number of nitrogens with two attached hydrogens (primary N) is 1. The van der Waals surface area contributed by atoms with Gasteiger partial charge in [0.15, 0.2) is 0 Å². The maximum absolute atomic E-state index is 12.8. The summed E-state index contributed by atoms with van der Waals surface area (Å²) < 4.78 is 26.7. The highest BCUT2D eigenvalue weighted by atomic mass is 32.2. The van der Waals surface area contributed by atoms with Gasteiger partial charge in [-0.2, -0.15) is 14.8 Å². The van der Waals surface area contributed by atoms with Crippen molar-refractivity contribution in [2.24, 2.45) is 0 Å². The molecule has 2 N–H and O–H groups in total. The lowest BCUT2D eigenvalue weighted by atomic mass is 10.1. The lowest BCUT2D eigenvalue weighted by molar-refractivity contribution is 0.425. The molecule has 0 unspecified atom stereocenters. The van der Waals surface area contributed by atoms with E-state index in [9.17, 15) is 8.42 Å². The first-order valence-corrected chi connectivity index (χ1v) is 7.90. The van der Waals surface area contributed by atoms with E-state index in [0.29, 0.717) is 5.56 Å². The Balaban J connectivity index is 3.33. The summed E-state index contributed by atoms with van der Waals surface area (Å²) in [5.74, 6) is 0. The van der Waals surface area contributed by atoms with E-state index < -0.39 is 10.0 Å². The highest BCUT2D eigenvalue weighted by Gasteiger charge is 2.28. The van der Waals surface area contributed by atoms with Crippen molar-refractivity contribution in [2.45, 2.75) is 31.6 Å². The van der Waals surface area contributed by atoms with Crippen LogP contribution in [0.3, 0.4) is 0 Å². The van der Waals surface area contributed by atoms with Crippen molar-refractivity contribution in [1.82, 2.24) is 4.31 Å². The van der Waals surface area contributed by atoms with E-state index in [4.69, 9.17) is 16.3 Å². The molecular weight excluding hydrogens is 288 g/mol. The lowest BCUT2D eigenvalue weighted by Gasteiger charge is -2.22. The number of nitrogen functional groups attached to an aromatic ring is 1. The third kappa shape index (κ3) is 3.72. The molecule has 0 fully saturated rings. The Labute approximate surface area is 125 Å². The molecular formula is C14H18N4O2S. The predicted molar refractivity (Wildman–Crippen MR) is 79.5 cm³/mol. The average molecular weight is 306 g/mol. The Morgan fingerprint density at radius 1 is 1.14 bits per heavy atom. The van der Waals surface area contributed by atoms with Crippen LogP contribution in [0.1, 0.15) is 24.0 Å². The average Bonchev–Trinajstić information content (AvgIpc) is 2.43. The minimum absolute atomic E-state index is 0.0489. The van der Waals surface area contributed by atoms with Gasteiger partial charge < -0.3 is 5.73 Å². The number of anilines is 1. The van der Waals surface area contributed by atoms with Gasteiger partial charge in [0.05, 0.1) is 17.8 Å². The molecule has 21 heavy (non-hydrogen) atoms. The van der Waals surface area contributed by atoms with Crippen LogP contribution in [0, 0.1) is 36.5 Å². The molecule has 1 aromatic rings. The van der Waals surface area contributed by atoms with Gasteiger partial charge in [-0.25, -0.2) is 8.42 Å². The summed E-state index contributed by atoms with van der Waals surface area (Å²) in [5, 5.41) is 17.3. The van der Waals surface area contributed by atoms with Gasteiger partial charge in [-0.15, -0.1) is 0 Å². The Morgan fingerprint density at radius 2 is 1.67 bits per heavy atom. The van der Waals surface area contributed by atoms with Gasteiger partial charge in [-0.1, -0.05) is 6.07 Å². The van der Waals surface area contributed by atoms with Crippen molar-refractivity contribution in [3.05, 3.63) is 23.3 Å². The number of aryl methyl sites for hydroxylation is 1. The minimum Gasteiger partial charge on any atom is -0.398 e. The Bertz CT molecular complexity index is 681. The topological polar surface area (TPSA) is 111 Å². The number of sulfonamides is 1. The van der Waals surface area contributed by atoms with E-state index in [-0.39, 0.29) is 36.5 Å². The van der Waals surface area contributed by atoms with Crippen molar-refractivity contribution in [1.29, 1.82) is 10.5 Å². The van der Waals surface area contributed by atoms with Crippen molar-refractivity contribution in [3.63, 3.8) is 0 Å². The zero-order valence-electron chi connectivity index (χ0n) is 12.1. The highest BCUT2D eigenvalue weighted by molar-refractivity contribution is 7.89. The minimum atomic E-state index is -3.82. The summed E-state index contributed by atoms with van der Waals surface area (Å²) in [6.07, 6.45) is 0.130. The second-order valence-electron chi connectivity index (χ2n) is 4.65. The third-order valence-corrected chi connectivity index (χ3v) is 5.35. The van der Waals surface area contributed by atoms with Crippen LogP contribution in [0.5, 0.6) is 0 Å². The van der Waals surface area contributed by atoms with Crippen LogP contribution in [0.2, 0.25) is 0 Å². The number of nitriles is 2. The smallest absolute Gasteiger partial charge is 0.245 e. The molecule has 0 saturated heterocycles. The summed E-state index contributed by atoms with van der Waals surface area (Å²) >= 11 is 0. The van der Waals surface area contributed by atoms with E-state index in [0.717, 1.165) is 9.87 Å². The van der Waals surface area contributed by atoms with Crippen molar-refractivity contribution < 1.29 is 8.42 Å². The fourth-order valence-corrected chi connectivity index (χ4v) is 3.82. The van der Waals surface area contributed by atoms with Crippen LogP contribution < -0.4 is 5.73 Å². The molecule has 0 atom stereocenters. The fourth-order valence-electron chi connectivity index (χ4n) is 1.98. The molecule has 1 aromatic carbocycles. The molecule has 0 bridgehead atoms. The van der Waals surface area contributed by atoms with E-state index >= 15 is 0 Å². The van der Waals surface area contributed by atoms with Crippen LogP contribution in [0.25, 0.3) is 0 Å². The quantitative estimate of drug-likeness (QED) is 0.804. The molecule has 0 aliphatic rings. The normalized spacial score (nSPS) is 11.1. The Hall–Kier alpha value is -2.09.